The van der Waals surface area contributed by atoms with Gasteiger partial charge < -0.3 is 4.74 Å². The molecule has 100 valence electrons. The second-order valence-electron chi connectivity index (χ2n) is 3.71. The molecule has 0 fully saturated rings. The second kappa shape index (κ2) is 7.24. The monoisotopic (exact) mass is 308 g/mol. The molecule has 1 aromatic carbocycles. The van der Waals surface area contributed by atoms with E-state index in [-0.39, 0.29) is 10.8 Å². The largest absolute Gasteiger partial charge is 0.384 e. The van der Waals surface area contributed by atoms with Gasteiger partial charge in [-0.1, -0.05) is 23.2 Å². The molecule has 0 N–H and O–H groups in total. The average molecular weight is 309 g/mol. The predicted octanol–water partition coefficient (Wildman–Crippen LogP) is 2.96. The number of carbonyl (C=O) groups excluding carboxylic acids is 1. The second-order valence-corrected chi connectivity index (χ2v) is 6.43. The Morgan fingerprint density at radius 2 is 2.11 bits per heavy atom. The van der Waals surface area contributed by atoms with Crippen LogP contribution in [0.2, 0.25) is 10.0 Å². The number of halogens is 2. The number of hydrogen-bond acceptors (Lipinski definition) is 3. The first kappa shape index (κ1) is 15.6. The van der Waals surface area contributed by atoms with Crippen molar-refractivity contribution in [2.45, 2.75) is 12.2 Å². The van der Waals surface area contributed by atoms with Gasteiger partial charge >= 0.3 is 0 Å². The molecule has 0 aliphatic rings. The summed E-state index contributed by atoms with van der Waals surface area (Å²) in [5.74, 6) is 0.0836. The number of methoxy groups -OCH3 is 1. The molecular weight excluding hydrogens is 295 g/mol. The lowest BCUT2D eigenvalue weighted by molar-refractivity contribution is 0.0992. The quantitative estimate of drug-likeness (QED) is 0.759. The first-order valence-corrected chi connectivity index (χ1v) is 7.46. The standard InChI is InChI=1S/C12H14Cl2O3S/c1-8(18(16)6-5-17-2)12(15)10-4-3-9(13)7-11(10)14/h3-4,7-8H,5-6H2,1-2H3. The zero-order valence-corrected chi connectivity index (χ0v) is 12.4. The van der Waals surface area contributed by atoms with Crippen molar-refractivity contribution in [3.8, 4) is 0 Å². The first-order chi connectivity index (χ1) is 8.47. The van der Waals surface area contributed by atoms with Crippen LogP contribution in [0, 0.1) is 0 Å². The van der Waals surface area contributed by atoms with Gasteiger partial charge in [-0.15, -0.1) is 0 Å². The molecule has 0 saturated carbocycles. The van der Waals surface area contributed by atoms with Crippen LogP contribution in [0.25, 0.3) is 0 Å². The van der Waals surface area contributed by atoms with Gasteiger partial charge in [-0.2, -0.15) is 0 Å². The van der Waals surface area contributed by atoms with Gasteiger partial charge in [-0.25, -0.2) is 0 Å². The SMILES string of the molecule is COCCS(=O)C(C)C(=O)c1ccc(Cl)cc1Cl. The summed E-state index contributed by atoms with van der Waals surface area (Å²) in [6.07, 6.45) is 0. The maximum absolute atomic E-state index is 12.1. The van der Waals surface area contributed by atoms with Crippen LogP contribution in [0.3, 0.4) is 0 Å². The Kier molecular flexibility index (Phi) is 6.29. The van der Waals surface area contributed by atoms with Gasteiger partial charge in [0, 0.05) is 34.2 Å². The Bertz CT molecular complexity index is 463. The molecule has 0 radical (unpaired) electrons. The fraction of sp³-hybridized carbons (Fsp3) is 0.417. The van der Waals surface area contributed by atoms with E-state index >= 15 is 0 Å². The predicted molar refractivity (Wildman–Crippen MR) is 75.1 cm³/mol. The normalized spacial score (nSPS) is 14.2. The molecule has 6 heteroatoms. The maximum Gasteiger partial charge on any atom is 0.179 e. The molecule has 0 heterocycles. The number of rotatable bonds is 6. The van der Waals surface area contributed by atoms with Crippen molar-refractivity contribution in [3.63, 3.8) is 0 Å². The van der Waals surface area contributed by atoms with Crippen LogP contribution in [-0.2, 0) is 15.5 Å². The van der Waals surface area contributed by atoms with Crippen molar-refractivity contribution in [1.82, 2.24) is 0 Å². The third-order valence-corrected chi connectivity index (χ3v) is 4.57. The van der Waals surface area contributed by atoms with Crippen LogP contribution in [0.4, 0.5) is 0 Å². The molecule has 0 bridgehead atoms. The van der Waals surface area contributed by atoms with Crippen molar-refractivity contribution < 1.29 is 13.7 Å². The topological polar surface area (TPSA) is 43.4 Å². The number of ether oxygens (including phenoxy) is 1. The average Bonchev–Trinajstić information content (AvgIpc) is 2.34. The van der Waals surface area contributed by atoms with E-state index in [1.807, 2.05) is 0 Å². The molecule has 1 rings (SSSR count). The Hall–Kier alpha value is -0.420. The van der Waals surface area contributed by atoms with Crippen LogP contribution >= 0.6 is 23.2 Å². The summed E-state index contributed by atoms with van der Waals surface area (Å²) >= 11 is 11.7. The molecule has 3 nitrogen and oxygen atoms in total. The van der Waals surface area contributed by atoms with Gasteiger partial charge in [0.2, 0.25) is 0 Å². The lowest BCUT2D eigenvalue weighted by atomic mass is 10.1. The van der Waals surface area contributed by atoms with Gasteiger partial charge in [-0.3, -0.25) is 9.00 Å². The molecule has 0 saturated heterocycles. The fourth-order valence-electron chi connectivity index (χ4n) is 1.37. The van der Waals surface area contributed by atoms with Crippen molar-refractivity contribution in [3.05, 3.63) is 33.8 Å². The highest BCUT2D eigenvalue weighted by Gasteiger charge is 2.23. The molecule has 2 atom stereocenters. The highest BCUT2D eigenvalue weighted by molar-refractivity contribution is 7.86. The zero-order valence-electron chi connectivity index (χ0n) is 10.1. The zero-order chi connectivity index (χ0) is 13.7. The summed E-state index contributed by atoms with van der Waals surface area (Å²) in [7, 11) is 0.253. The molecule has 0 amide bonds. The highest BCUT2D eigenvalue weighted by Crippen LogP contribution is 2.23. The summed E-state index contributed by atoms with van der Waals surface area (Å²) in [4.78, 5) is 12.1. The third kappa shape index (κ3) is 4.05. The third-order valence-electron chi connectivity index (χ3n) is 2.45. The minimum atomic E-state index is -1.28. The van der Waals surface area contributed by atoms with E-state index < -0.39 is 16.0 Å². The van der Waals surface area contributed by atoms with E-state index in [4.69, 9.17) is 27.9 Å². The first-order valence-electron chi connectivity index (χ1n) is 5.32. The van der Waals surface area contributed by atoms with Crippen molar-refractivity contribution in [1.29, 1.82) is 0 Å². The molecule has 0 aliphatic heterocycles. The Labute approximate surface area is 119 Å². The number of Topliss-reactive ketones (excluding diaryl/α,β-unsaturated/α-hetero) is 1. The van der Waals surface area contributed by atoms with Crippen LogP contribution in [0.15, 0.2) is 18.2 Å². The van der Waals surface area contributed by atoms with Crippen LogP contribution in [0.1, 0.15) is 17.3 Å². The Balaban J connectivity index is 2.83. The summed E-state index contributed by atoms with van der Waals surface area (Å²) in [6, 6.07) is 4.64. The van der Waals surface area contributed by atoms with Crippen LogP contribution in [-0.4, -0.2) is 34.7 Å². The lowest BCUT2D eigenvalue weighted by Gasteiger charge is -2.11. The smallest absolute Gasteiger partial charge is 0.179 e. The van der Waals surface area contributed by atoms with E-state index in [0.29, 0.717) is 22.9 Å². The van der Waals surface area contributed by atoms with Gasteiger partial charge in [-0.05, 0) is 25.1 Å². The minimum absolute atomic E-state index is 0.244. The van der Waals surface area contributed by atoms with E-state index in [1.165, 1.54) is 13.2 Å². The minimum Gasteiger partial charge on any atom is -0.384 e. The molecule has 1 aromatic rings. The number of hydrogen-bond donors (Lipinski definition) is 0. The maximum atomic E-state index is 12.1. The van der Waals surface area contributed by atoms with Gasteiger partial charge in [0.1, 0.15) is 0 Å². The van der Waals surface area contributed by atoms with E-state index in [2.05, 4.69) is 0 Å². The van der Waals surface area contributed by atoms with Crippen molar-refractivity contribution >= 4 is 39.8 Å². The summed E-state index contributed by atoms with van der Waals surface area (Å²) in [5, 5.41) is 0.131. The van der Waals surface area contributed by atoms with Crippen molar-refractivity contribution in [2.75, 3.05) is 19.5 Å². The summed E-state index contributed by atoms with van der Waals surface area (Å²) in [5.41, 5.74) is 0.347. The Morgan fingerprint density at radius 1 is 1.44 bits per heavy atom. The molecular formula is C12H14Cl2O3S. The van der Waals surface area contributed by atoms with E-state index in [1.54, 1.807) is 19.1 Å². The molecule has 0 spiro atoms. The molecule has 0 aliphatic carbocycles. The molecule has 18 heavy (non-hydrogen) atoms. The van der Waals surface area contributed by atoms with Crippen LogP contribution < -0.4 is 0 Å². The highest BCUT2D eigenvalue weighted by atomic mass is 35.5. The van der Waals surface area contributed by atoms with Gasteiger partial charge in [0.05, 0.1) is 16.9 Å². The number of carbonyl (C=O) groups is 1. The lowest BCUT2D eigenvalue weighted by Crippen LogP contribution is -2.26. The number of benzene rings is 1. The van der Waals surface area contributed by atoms with Gasteiger partial charge in [0.15, 0.2) is 5.78 Å². The van der Waals surface area contributed by atoms with E-state index in [0.717, 1.165) is 0 Å². The van der Waals surface area contributed by atoms with Crippen molar-refractivity contribution in [2.24, 2.45) is 0 Å². The Morgan fingerprint density at radius 3 is 2.67 bits per heavy atom. The molecule has 2 unspecified atom stereocenters. The molecule has 0 aromatic heterocycles. The van der Waals surface area contributed by atoms with Crippen LogP contribution in [0.5, 0.6) is 0 Å². The van der Waals surface area contributed by atoms with E-state index in [9.17, 15) is 9.00 Å². The fourth-order valence-corrected chi connectivity index (χ4v) is 2.92. The summed E-state index contributed by atoms with van der Waals surface area (Å²) < 4.78 is 16.7. The summed E-state index contributed by atoms with van der Waals surface area (Å²) in [6.45, 7) is 1.98. The van der Waals surface area contributed by atoms with Gasteiger partial charge in [0.25, 0.3) is 0 Å². The number of ketones is 1.